The summed E-state index contributed by atoms with van der Waals surface area (Å²) in [4.78, 5) is 23.7. The van der Waals surface area contributed by atoms with Crippen LogP contribution in [0.2, 0.25) is 0 Å². The van der Waals surface area contributed by atoms with E-state index < -0.39 is 5.91 Å². The Hall–Kier alpha value is -2.62. The summed E-state index contributed by atoms with van der Waals surface area (Å²) < 4.78 is 0. The number of nitrogens with two attached hydrogens (primary N) is 1. The first-order valence-electron chi connectivity index (χ1n) is 7.34. The molecule has 4 nitrogen and oxygen atoms in total. The third-order valence-corrected chi connectivity index (χ3v) is 4.18. The topological polar surface area (TPSA) is 72.2 Å². The van der Waals surface area contributed by atoms with Gasteiger partial charge < -0.3 is 11.1 Å². The monoisotopic (exact) mass is 294 g/mol. The smallest absolute Gasteiger partial charge is 0.248 e. The maximum Gasteiger partial charge on any atom is 0.248 e. The molecule has 4 heteroatoms. The molecule has 3 N–H and O–H groups in total. The Bertz CT molecular complexity index is 706. The summed E-state index contributed by atoms with van der Waals surface area (Å²) in [6, 6.07) is 16.9. The summed E-state index contributed by atoms with van der Waals surface area (Å²) in [5, 5.41) is 2.98. The Morgan fingerprint density at radius 3 is 2.41 bits per heavy atom. The van der Waals surface area contributed by atoms with E-state index in [2.05, 4.69) is 5.32 Å². The maximum absolute atomic E-state index is 12.5. The van der Waals surface area contributed by atoms with Gasteiger partial charge in [0.15, 0.2) is 0 Å². The molecule has 112 valence electrons. The van der Waals surface area contributed by atoms with Crippen LogP contribution in [0.25, 0.3) is 0 Å². The third kappa shape index (κ3) is 2.72. The Labute approximate surface area is 129 Å². The van der Waals surface area contributed by atoms with E-state index in [9.17, 15) is 9.59 Å². The van der Waals surface area contributed by atoms with Gasteiger partial charge in [-0.1, -0.05) is 42.5 Å². The van der Waals surface area contributed by atoms with E-state index in [-0.39, 0.29) is 11.3 Å². The zero-order valence-electron chi connectivity index (χ0n) is 12.2. The van der Waals surface area contributed by atoms with Gasteiger partial charge in [0.2, 0.25) is 11.8 Å². The van der Waals surface area contributed by atoms with E-state index in [1.54, 1.807) is 18.2 Å². The fourth-order valence-corrected chi connectivity index (χ4v) is 2.72. The van der Waals surface area contributed by atoms with Crippen LogP contribution >= 0.6 is 0 Å². The van der Waals surface area contributed by atoms with Crippen molar-refractivity contribution in [2.75, 3.05) is 0 Å². The van der Waals surface area contributed by atoms with Crippen LogP contribution in [0.5, 0.6) is 0 Å². The molecule has 1 aliphatic carbocycles. The normalized spacial score (nSPS) is 15.1. The molecule has 1 aliphatic rings. The van der Waals surface area contributed by atoms with Crippen molar-refractivity contribution in [1.29, 1.82) is 0 Å². The number of primary amides is 1. The van der Waals surface area contributed by atoms with Crippen LogP contribution in [-0.4, -0.2) is 11.8 Å². The minimum atomic E-state index is -0.462. The molecular weight excluding hydrogens is 276 g/mol. The average molecular weight is 294 g/mol. The standard InChI is InChI=1S/C18H18N2O2/c19-16(21)14-6-4-5-13(11-14)12-20-17(22)18(9-10-18)15-7-2-1-3-8-15/h1-8,11H,9-10,12H2,(H2,19,21)(H,20,22). The van der Waals surface area contributed by atoms with Gasteiger partial charge in [0, 0.05) is 12.1 Å². The van der Waals surface area contributed by atoms with Gasteiger partial charge in [-0.3, -0.25) is 9.59 Å². The van der Waals surface area contributed by atoms with Gasteiger partial charge >= 0.3 is 0 Å². The zero-order chi connectivity index (χ0) is 15.6. The van der Waals surface area contributed by atoms with Crippen molar-refractivity contribution in [2.24, 2.45) is 5.73 Å². The molecule has 1 saturated carbocycles. The van der Waals surface area contributed by atoms with Gasteiger partial charge in [-0.25, -0.2) is 0 Å². The number of carbonyl (C=O) groups excluding carboxylic acids is 2. The summed E-state index contributed by atoms with van der Waals surface area (Å²) in [6.07, 6.45) is 1.76. The maximum atomic E-state index is 12.5. The lowest BCUT2D eigenvalue weighted by Crippen LogP contribution is -2.34. The highest BCUT2D eigenvalue weighted by molar-refractivity contribution is 5.93. The highest BCUT2D eigenvalue weighted by Gasteiger charge is 2.50. The second-order valence-electron chi connectivity index (χ2n) is 5.70. The van der Waals surface area contributed by atoms with Gasteiger partial charge in [-0.05, 0) is 36.1 Å². The Balaban J connectivity index is 1.68. The molecule has 1 fully saturated rings. The molecule has 0 aliphatic heterocycles. The van der Waals surface area contributed by atoms with Crippen LogP contribution in [0.4, 0.5) is 0 Å². The molecule has 0 radical (unpaired) electrons. The molecule has 22 heavy (non-hydrogen) atoms. The van der Waals surface area contributed by atoms with E-state index in [0.29, 0.717) is 12.1 Å². The van der Waals surface area contributed by atoms with Crippen molar-refractivity contribution in [3.05, 3.63) is 71.3 Å². The second kappa shape index (κ2) is 5.64. The van der Waals surface area contributed by atoms with Crippen molar-refractivity contribution in [1.82, 2.24) is 5.32 Å². The predicted octanol–water partition coefficient (Wildman–Crippen LogP) is 2.13. The lowest BCUT2D eigenvalue weighted by Gasteiger charge is -2.16. The second-order valence-corrected chi connectivity index (χ2v) is 5.70. The highest BCUT2D eigenvalue weighted by Crippen LogP contribution is 2.48. The van der Waals surface area contributed by atoms with Crippen LogP contribution in [0.3, 0.4) is 0 Å². The van der Waals surface area contributed by atoms with E-state index in [4.69, 9.17) is 5.73 Å². The molecule has 0 atom stereocenters. The molecule has 0 spiro atoms. The molecule has 0 heterocycles. The highest BCUT2D eigenvalue weighted by atomic mass is 16.2. The SMILES string of the molecule is NC(=O)c1cccc(CNC(=O)C2(c3ccccc3)CC2)c1. The Morgan fingerprint density at radius 1 is 1.05 bits per heavy atom. The lowest BCUT2D eigenvalue weighted by molar-refractivity contribution is -0.123. The van der Waals surface area contributed by atoms with Crippen molar-refractivity contribution in [3.63, 3.8) is 0 Å². The first-order chi connectivity index (χ1) is 10.6. The molecule has 0 aromatic heterocycles. The minimum Gasteiger partial charge on any atom is -0.366 e. The van der Waals surface area contributed by atoms with Crippen molar-refractivity contribution < 1.29 is 9.59 Å². The van der Waals surface area contributed by atoms with E-state index >= 15 is 0 Å². The number of hydrogen-bond donors (Lipinski definition) is 2. The molecule has 0 saturated heterocycles. The van der Waals surface area contributed by atoms with Gasteiger partial charge in [0.25, 0.3) is 0 Å². The van der Waals surface area contributed by atoms with Crippen LogP contribution < -0.4 is 11.1 Å². The predicted molar refractivity (Wildman–Crippen MR) is 84.2 cm³/mol. The van der Waals surface area contributed by atoms with Crippen molar-refractivity contribution in [3.8, 4) is 0 Å². The quantitative estimate of drug-likeness (QED) is 0.886. The average Bonchev–Trinajstić information content (AvgIpc) is 3.35. The van der Waals surface area contributed by atoms with Crippen LogP contribution in [0.15, 0.2) is 54.6 Å². The van der Waals surface area contributed by atoms with E-state index in [0.717, 1.165) is 24.0 Å². The molecule has 2 amide bonds. The number of benzene rings is 2. The molecule has 0 bridgehead atoms. The summed E-state index contributed by atoms with van der Waals surface area (Å²) in [7, 11) is 0. The van der Waals surface area contributed by atoms with Gasteiger partial charge in [-0.15, -0.1) is 0 Å². The molecule has 2 aromatic rings. The largest absolute Gasteiger partial charge is 0.366 e. The first-order valence-corrected chi connectivity index (χ1v) is 7.34. The minimum absolute atomic E-state index is 0.0446. The Kier molecular flexibility index (Phi) is 3.67. The van der Waals surface area contributed by atoms with Crippen LogP contribution in [0.1, 0.15) is 34.3 Å². The summed E-state index contributed by atoms with van der Waals surface area (Å²) in [5.41, 5.74) is 7.29. The van der Waals surface area contributed by atoms with Gasteiger partial charge in [0.1, 0.15) is 0 Å². The number of amides is 2. The van der Waals surface area contributed by atoms with Crippen molar-refractivity contribution in [2.45, 2.75) is 24.8 Å². The van der Waals surface area contributed by atoms with Crippen LogP contribution in [0, 0.1) is 0 Å². The molecular formula is C18H18N2O2. The summed E-state index contributed by atoms with van der Waals surface area (Å²) in [6.45, 7) is 0.397. The number of rotatable bonds is 5. The summed E-state index contributed by atoms with van der Waals surface area (Å²) >= 11 is 0. The fraction of sp³-hybridized carbons (Fsp3) is 0.222. The molecule has 3 rings (SSSR count). The molecule has 2 aromatic carbocycles. The third-order valence-electron chi connectivity index (χ3n) is 4.18. The summed E-state index contributed by atoms with van der Waals surface area (Å²) in [5.74, 6) is -0.417. The zero-order valence-corrected chi connectivity index (χ0v) is 12.2. The number of hydrogen-bond acceptors (Lipinski definition) is 2. The lowest BCUT2D eigenvalue weighted by atomic mass is 9.95. The number of nitrogens with one attached hydrogen (secondary N) is 1. The Morgan fingerprint density at radius 2 is 1.77 bits per heavy atom. The number of carbonyl (C=O) groups is 2. The molecule has 0 unspecified atom stereocenters. The van der Waals surface area contributed by atoms with Gasteiger partial charge in [0.05, 0.1) is 5.41 Å². The van der Waals surface area contributed by atoms with Gasteiger partial charge in [-0.2, -0.15) is 0 Å². The first kappa shape index (κ1) is 14.3. The van der Waals surface area contributed by atoms with Crippen molar-refractivity contribution >= 4 is 11.8 Å². The van der Waals surface area contributed by atoms with Crippen LogP contribution in [-0.2, 0) is 16.8 Å². The van der Waals surface area contributed by atoms with E-state index in [1.165, 1.54) is 0 Å². The fourth-order valence-electron chi connectivity index (χ4n) is 2.72. The van der Waals surface area contributed by atoms with E-state index in [1.807, 2.05) is 36.4 Å².